The fourth-order valence-electron chi connectivity index (χ4n) is 7.21. The molecular formula is C47H50GeIrN2O-2. The summed E-state index contributed by atoms with van der Waals surface area (Å²) in [6.07, 6.45) is 3.98. The molecule has 52 heavy (non-hydrogen) atoms. The molecule has 0 amide bonds. The first-order valence-corrected chi connectivity index (χ1v) is 25.2. The monoisotopic (exact) mass is 925 g/mol. The normalized spacial score (nSPS) is 11.7. The number of aryl methyl sites for hydroxylation is 6. The molecule has 4 aromatic carbocycles. The van der Waals surface area contributed by atoms with Gasteiger partial charge >= 0.3 is 119 Å². The van der Waals surface area contributed by atoms with E-state index in [4.69, 9.17) is 4.42 Å². The van der Waals surface area contributed by atoms with Crippen LogP contribution in [0.5, 0.6) is 0 Å². The van der Waals surface area contributed by atoms with Crippen LogP contribution in [0.25, 0.3) is 55.6 Å². The number of pyridine rings is 2. The van der Waals surface area contributed by atoms with E-state index in [0.29, 0.717) is 0 Å². The molecule has 3 heterocycles. The zero-order valence-electron chi connectivity index (χ0n) is 32.7. The van der Waals surface area contributed by atoms with Gasteiger partial charge in [0.15, 0.2) is 0 Å². The molecule has 3 aromatic heterocycles. The second-order valence-electron chi connectivity index (χ2n) is 16.3. The summed E-state index contributed by atoms with van der Waals surface area (Å²) < 4.78 is 7.73. The molecule has 0 aliphatic heterocycles. The quantitative estimate of drug-likeness (QED) is 0.130. The van der Waals surface area contributed by atoms with Gasteiger partial charge in [0.1, 0.15) is 5.58 Å². The van der Waals surface area contributed by atoms with E-state index >= 15 is 0 Å². The Kier molecular flexibility index (Phi) is 11.6. The average molecular weight is 924 g/mol. The molecule has 0 N–H and O–H groups in total. The summed E-state index contributed by atoms with van der Waals surface area (Å²) in [7, 11) is 0. The van der Waals surface area contributed by atoms with Crippen molar-refractivity contribution in [2.24, 2.45) is 0 Å². The third kappa shape index (κ3) is 8.36. The molecule has 0 aliphatic carbocycles. The molecule has 7 rings (SSSR count). The van der Waals surface area contributed by atoms with Crippen LogP contribution in [0.4, 0.5) is 0 Å². The first kappa shape index (κ1) is 39.4. The number of benzene rings is 4. The predicted octanol–water partition coefficient (Wildman–Crippen LogP) is 12.4. The molecule has 0 bridgehead atoms. The van der Waals surface area contributed by atoms with Crippen LogP contribution in [0.2, 0.25) is 17.3 Å². The van der Waals surface area contributed by atoms with Crippen LogP contribution in [0, 0.1) is 53.7 Å². The van der Waals surface area contributed by atoms with Crippen LogP contribution >= 0.6 is 0 Å². The zero-order chi connectivity index (χ0) is 36.8. The van der Waals surface area contributed by atoms with Crippen molar-refractivity contribution in [2.75, 3.05) is 0 Å². The minimum absolute atomic E-state index is 0. The van der Waals surface area contributed by atoms with Crippen molar-refractivity contribution in [3.63, 3.8) is 0 Å². The van der Waals surface area contributed by atoms with Crippen molar-refractivity contribution in [1.82, 2.24) is 9.97 Å². The first-order chi connectivity index (χ1) is 24.0. The Morgan fingerprint density at radius 2 is 1.33 bits per heavy atom. The number of hydrogen-bond donors (Lipinski definition) is 0. The fourth-order valence-corrected chi connectivity index (χ4v) is 10.8. The van der Waals surface area contributed by atoms with Gasteiger partial charge in [-0.15, -0.1) is 23.8 Å². The van der Waals surface area contributed by atoms with E-state index in [-0.39, 0.29) is 25.5 Å². The molecule has 0 fully saturated rings. The first-order valence-electron chi connectivity index (χ1n) is 17.9. The maximum Gasteiger partial charge on any atom is 0.121 e. The number of aromatic nitrogens is 2. The van der Waals surface area contributed by atoms with Crippen molar-refractivity contribution in [3.8, 4) is 33.6 Å². The minimum atomic E-state index is -1.80. The molecule has 0 saturated heterocycles. The van der Waals surface area contributed by atoms with Crippen LogP contribution in [-0.4, -0.2) is 23.2 Å². The van der Waals surface area contributed by atoms with Crippen LogP contribution < -0.4 is 4.40 Å². The van der Waals surface area contributed by atoms with E-state index in [0.717, 1.165) is 44.5 Å². The van der Waals surface area contributed by atoms with Gasteiger partial charge < -0.3 is 9.40 Å². The van der Waals surface area contributed by atoms with Gasteiger partial charge in [0, 0.05) is 31.7 Å². The van der Waals surface area contributed by atoms with Crippen LogP contribution in [0.1, 0.15) is 59.7 Å². The molecule has 0 aliphatic rings. The van der Waals surface area contributed by atoms with Crippen LogP contribution in [0.15, 0.2) is 89.6 Å². The summed E-state index contributed by atoms with van der Waals surface area (Å²) in [5, 5.41) is 2.22. The van der Waals surface area contributed by atoms with Gasteiger partial charge in [-0.2, -0.15) is 0 Å². The summed E-state index contributed by atoms with van der Waals surface area (Å²) in [6, 6.07) is 32.6. The van der Waals surface area contributed by atoms with Gasteiger partial charge in [0.05, 0.1) is 5.58 Å². The van der Waals surface area contributed by atoms with Crippen molar-refractivity contribution in [3.05, 3.63) is 136 Å². The van der Waals surface area contributed by atoms with Gasteiger partial charge in [-0.1, -0.05) is 62.1 Å². The smallest absolute Gasteiger partial charge is 0.121 e. The van der Waals surface area contributed by atoms with Gasteiger partial charge in [-0.3, -0.25) is 0 Å². The Balaban J connectivity index is 0.000000225. The molecule has 269 valence electrons. The summed E-state index contributed by atoms with van der Waals surface area (Å²) >= 11 is -1.80. The molecule has 0 saturated carbocycles. The van der Waals surface area contributed by atoms with E-state index in [9.17, 15) is 0 Å². The average Bonchev–Trinajstić information content (AvgIpc) is 3.41. The minimum Gasteiger partial charge on any atom is -0.500 e. The van der Waals surface area contributed by atoms with E-state index in [2.05, 4.69) is 169 Å². The Hall–Kier alpha value is -3.83. The SMILES string of the molecule is Cc1c[c-]c(-c2cc(C)[c]([Ge]([CH3])([CH3])[CH3])cn2)c(C)c1.Cc1cc(C)c(-c2ccc3c(c2)oc2c[c-]c(-c4cc(C(C)(C)C)ccn4)cc23)c(C)c1.[Ir]. The second kappa shape index (κ2) is 15.3. The van der Waals surface area contributed by atoms with E-state index < -0.39 is 13.3 Å². The Labute approximate surface area is 327 Å². The summed E-state index contributed by atoms with van der Waals surface area (Å²) in [5.74, 6) is 7.23. The largest absolute Gasteiger partial charge is 0.500 e. The van der Waals surface area contributed by atoms with Crippen molar-refractivity contribution >= 4 is 39.6 Å². The third-order valence-electron chi connectivity index (χ3n) is 9.73. The van der Waals surface area contributed by atoms with E-state index in [1.54, 1.807) is 0 Å². The second-order valence-corrected chi connectivity index (χ2v) is 26.8. The summed E-state index contributed by atoms with van der Waals surface area (Å²) in [6.45, 7) is 19.6. The summed E-state index contributed by atoms with van der Waals surface area (Å²) in [5.41, 5.74) is 17.4. The zero-order valence-corrected chi connectivity index (χ0v) is 37.2. The molecule has 5 heteroatoms. The van der Waals surface area contributed by atoms with Gasteiger partial charge in [0.25, 0.3) is 0 Å². The molecule has 0 atom stereocenters. The maximum absolute atomic E-state index is 6.24. The fraction of sp³-hybridized carbons (Fsp3) is 0.277. The number of rotatable bonds is 4. The Morgan fingerprint density at radius 1 is 0.635 bits per heavy atom. The summed E-state index contributed by atoms with van der Waals surface area (Å²) in [4.78, 5) is 9.30. The Morgan fingerprint density at radius 3 is 1.96 bits per heavy atom. The van der Waals surface area contributed by atoms with Gasteiger partial charge in [-0.25, -0.2) is 0 Å². The topological polar surface area (TPSA) is 38.9 Å². The van der Waals surface area contributed by atoms with Crippen molar-refractivity contribution in [2.45, 2.75) is 85.0 Å². The predicted molar refractivity (Wildman–Crippen MR) is 220 cm³/mol. The molecular weight excluding hydrogens is 873 g/mol. The molecule has 0 unspecified atom stereocenters. The molecule has 3 nitrogen and oxygen atoms in total. The van der Waals surface area contributed by atoms with Gasteiger partial charge in [0.2, 0.25) is 0 Å². The standard InChI is InChI=1S/C30H28NO.C17H22GeN.Ir/c1-18-13-19(2)29(20(3)14-18)22-7-9-24-25-15-21(8-10-27(25)32-28(24)16-22)26-17-23(11-12-31-26)30(4,5)6;1-12-7-8-15(13(2)9-12)17-10-14(3)16(11-19-17)18(4,5)6;/h7,9-17H,1-6H3;7,9-11H,1-6H3;/q2*-1;. The number of hydrogen-bond acceptors (Lipinski definition) is 3. The van der Waals surface area contributed by atoms with Crippen molar-refractivity contribution < 1.29 is 24.5 Å². The maximum atomic E-state index is 6.24. The van der Waals surface area contributed by atoms with Crippen molar-refractivity contribution in [1.29, 1.82) is 0 Å². The van der Waals surface area contributed by atoms with Crippen LogP contribution in [-0.2, 0) is 25.5 Å². The number of nitrogens with zero attached hydrogens (tertiary/aromatic N) is 2. The van der Waals surface area contributed by atoms with Gasteiger partial charge in [-0.05, 0) is 71.8 Å². The van der Waals surface area contributed by atoms with E-state index in [1.807, 2.05) is 18.3 Å². The third-order valence-corrected chi connectivity index (χ3v) is 14.2. The van der Waals surface area contributed by atoms with E-state index in [1.165, 1.54) is 54.5 Å². The number of furan rings is 1. The molecule has 0 spiro atoms. The molecule has 1 radical (unpaired) electrons. The van der Waals surface area contributed by atoms with Crippen LogP contribution in [0.3, 0.4) is 0 Å². The molecule has 7 aromatic rings. The Bertz CT molecular complexity index is 2390. The number of fused-ring (bicyclic) bond motifs is 3.